The molecule has 0 radical (unpaired) electrons. The normalized spacial score (nSPS) is 9.36. The fourth-order valence-corrected chi connectivity index (χ4v) is 2.26. The summed E-state index contributed by atoms with van der Waals surface area (Å²) in [6, 6.07) is 3.25. The number of thiazole rings is 1. The highest BCUT2D eigenvalue weighted by molar-refractivity contribution is 7.16. The van der Waals surface area contributed by atoms with Gasteiger partial charge in [-0.05, 0) is 31.9 Å². The number of nitrogens with one attached hydrogen (secondary N) is 1. The Morgan fingerprint density at radius 3 is 2.28 bits per heavy atom. The molecule has 0 aliphatic heterocycles. The fraction of sp³-hybridized carbons (Fsp3) is 0.125. The summed E-state index contributed by atoms with van der Waals surface area (Å²) in [5.74, 6) is 7.89. The van der Waals surface area contributed by atoms with Gasteiger partial charge >= 0.3 is 6.03 Å². The van der Waals surface area contributed by atoms with Crippen LogP contribution in [0.2, 0.25) is 0 Å². The van der Waals surface area contributed by atoms with Gasteiger partial charge in [-0.25, -0.2) is 19.7 Å². The highest BCUT2D eigenvalue weighted by Gasteiger charge is 2.01. The van der Waals surface area contributed by atoms with Gasteiger partial charge in [0.1, 0.15) is 11.5 Å². The smallest absolute Gasteiger partial charge is 0.318 e. The number of hydrogen-bond donors (Lipinski definition) is 3. The lowest BCUT2D eigenvalue weighted by Crippen LogP contribution is -2.18. The number of nitrogens with zero attached hydrogens (tertiary/aromatic N) is 3. The number of hydrogen-bond acceptors (Lipinski definition) is 7. The van der Waals surface area contributed by atoms with Crippen molar-refractivity contribution in [2.45, 2.75) is 13.8 Å². The molecular formula is C16H16N6O2S. The number of carbonyl (C=O) groups is 1. The average molecular weight is 356 g/mol. The van der Waals surface area contributed by atoms with Crippen LogP contribution in [0, 0.1) is 25.7 Å². The van der Waals surface area contributed by atoms with Crippen LogP contribution in [0.25, 0.3) is 0 Å². The molecule has 0 spiro atoms. The molecule has 3 heterocycles. The van der Waals surface area contributed by atoms with E-state index in [2.05, 4.69) is 32.1 Å². The van der Waals surface area contributed by atoms with Crippen molar-refractivity contribution in [3.05, 3.63) is 52.7 Å². The number of urea groups is 1. The van der Waals surface area contributed by atoms with Gasteiger partial charge < -0.3 is 15.9 Å². The Kier molecular flexibility index (Phi) is 6.08. The molecule has 128 valence electrons. The Morgan fingerprint density at radius 2 is 1.76 bits per heavy atom. The Bertz CT molecular complexity index is 888. The molecule has 0 aliphatic rings. The van der Waals surface area contributed by atoms with E-state index in [1.807, 2.05) is 26.0 Å². The maximum absolute atomic E-state index is 10.6. The first-order chi connectivity index (χ1) is 11.9. The monoisotopic (exact) mass is 356 g/mol. The van der Waals surface area contributed by atoms with Gasteiger partial charge in [-0.2, -0.15) is 0 Å². The molecule has 0 unspecified atom stereocenters. The van der Waals surface area contributed by atoms with Crippen LogP contribution in [0.1, 0.15) is 22.0 Å². The van der Waals surface area contributed by atoms with Gasteiger partial charge in [-0.15, -0.1) is 0 Å². The number of carbonyl (C=O) groups excluding carboxylic acids is 1. The number of primary amides is 1. The van der Waals surface area contributed by atoms with Gasteiger partial charge in [-0.1, -0.05) is 17.3 Å². The zero-order chi connectivity index (χ0) is 18.2. The van der Waals surface area contributed by atoms with E-state index < -0.39 is 6.03 Å². The number of amides is 2. The van der Waals surface area contributed by atoms with Crippen LogP contribution in [0.3, 0.4) is 0 Å². The Labute approximate surface area is 148 Å². The summed E-state index contributed by atoms with van der Waals surface area (Å²) in [5, 5.41) is 2.77. The average Bonchev–Trinajstić information content (AvgIpc) is 3.15. The number of furan rings is 1. The van der Waals surface area contributed by atoms with Crippen LogP contribution >= 0.6 is 11.3 Å². The van der Waals surface area contributed by atoms with Crippen molar-refractivity contribution in [2.75, 3.05) is 11.1 Å². The first kappa shape index (κ1) is 18.0. The molecule has 0 atom stereocenters. The van der Waals surface area contributed by atoms with Crippen molar-refractivity contribution in [2.24, 2.45) is 5.73 Å². The van der Waals surface area contributed by atoms with E-state index in [0.717, 1.165) is 11.5 Å². The van der Waals surface area contributed by atoms with E-state index in [1.165, 1.54) is 23.7 Å². The molecule has 0 bridgehead atoms. The third kappa shape index (κ3) is 6.32. The van der Waals surface area contributed by atoms with Gasteiger partial charge in [0.25, 0.3) is 0 Å². The van der Waals surface area contributed by atoms with Gasteiger partial charge in [0.15, 0.2) is 5.13 Å². The number of anilines is 2. The van der Waals surface area contributed by atoms with E-state index >= 15 is 0 Å². The summed E-state index contributed by atoms with van der Waals surface area (Å²) in [7, 11) is 0. The first-order valence-corrected chi connectivity index (χ1v) is 7.89. The van der Waals surface area contributed by atoms with Crippen molar-refractivity contribution in [3.8, 4) is 11.8 Å². The second kappa shape index (κ2) is 8.47. The lowest BCUT2D eigenvalue weighted by Gasteiger charge is -1.91. The number of nitrogen functional groups attached to an aromatic ring is 1. The molecule has 8 nitrogen and oxygen atoms in total. The van der Waals surface area contributed by atoms with Crippen LogP contribution in [0.15, 0.2) is 35.1 Å². The Morgan fingerprint density at radius 1 is 1.12 bits per heavy atom. The third-order valence-electron chi connectivity index (χ3n) is 2.61. The summed E-state index contributed by atoms with van der Waals surface area (Å²) in [6.45, 7) is 3.88. The molecule has 0 saturated heterocycles. The molecule has 25 heavy (non-hydrogen) atoms. The van der Waals surface area contributed by atoms with Crippen molar-refractivity contribution in [1.29, 1.82) is 0 Å². The lowest BCUT2D eigenvalue weighted by molar-refractivity contribution is 0.259. The predicted molar refractivity (Wildman–Crippen MR) is 95.9 cm³/mol. The molecule has 0 fully saturated rings. The van der Waals surface area contributed by atoms with Crippen molar-refractivity contribution < 1.29 is 9.21 Å². The summed E-state index contributed by atoms with van der Waals surface area (Å²) in [5.41, 5.74) is 11.0. The summed E-state index contributed by atoms with van der Waals surface area (Å²) >= 11 is 1.22. The molecule has 3 aromatic rings. The van der Waals surface area contributed by atoms with Crippen LogP contribution in [-0.4, -0.2) is 21.0 Å². The van der Waals surface area contributed by atoms with Gasteiger partial charge in [0.05, 0.1) is 16.6 Å². The quantitative estimate of drug-likeness (QED) is 0.573. The van der Waals surface area contributed by atoms with Gasteiger partial charge in [0.2, 0.25) is 5.95 Å². The van der Waals surface area contributed by atoms with Crippen LogP contribution in [-0.2, 0) is 0 Å². The molecule has 0 saturated carbocycles. The predicted octanol–water partition coefficient (Wildman–Crippen LogP) is 2.30. The zero-order valence-corrected chi connectivity index (χ0v) is 14.4. The SMILES string of the molecule is Cc1ccc(C)o1.NC(=O)Nc1ncc(C#Cc2cnc(N)nc2)s1. The molecule has 0 aromatic carbocycles. The van der Waals surface area contributed by atoms with Crippen LogP contribution in [0.5, 0.6) is 0 Å². The minimum Gasteiger partial charge on any atom is -0.467 e. The summed E-state index contributed by atoms with van der Waals surface area (Å²) in [4.78, 5) is 22.9. The highest BCUT2D eigenvalue weighted by atomic mass is 32.1. The van der Waals surface area contributed by atoms with Gasteiger partial charge in [-0.3, -0.25) is 5.32 Å². The van der Waals surface area contributed by atoms with Crippen molar-refractivity contribution in [3.63, 3.8) is 0 Å². The minimum absolute atomic E-state index is 0.200. The maximum Gasteiger partial charge on any atom is 0.318 e. The maximum atomic E-state index is 10.6. The highest BCUT2D eigenvalue weighted by Crippen LogP contribution is 2.16. The van der Waals surface area contributed by atoms with Crippen molar-refractivity contribution >= 4 is 28.4 Å². The van der Waals surface area contributed by atoms with E-state index in [4.69, 9.17) is 15.9 Å². The zero-order valence-electron chi connectivity index (χ0n) is 13.6. The third-order valence-corrected chi connectivity index (χ3v) is 3.44. The fourth-order valence-electron chi connectivity index (χ4n) is 1.59. The largest absolute Gasteiger partial charge is 0.467 e. The summed E-state index contributed by atoms with van der Waals surface area (Å²) in [6.07, 6.45) is 4.60. The van der Waals surface area contributed by atoms with E-state index in [1.54, 1.807) is 6.20 Å². The molecule has 2 amide bonds. The van der Waals surface area contributed by atoms with E-state index in [-0.39, 0.29) is 5.95 Å². The second-order valence-electron chi connectivity index (χ2n) is 4.76. The molecule has 5 N–H and O–H groups in total. The van der Waals surface area contributed by atoms with Crippen LogP contribution in [0.4, 0.5) is 15.9 Å². The topological polar surface area (TPSA) is 133 Å². The Balaban J connectivity index is 0.000000269. The number of aromatic nitrogens is 3. The minimum atomic E-state index is -0.657. The number of rotatable bonds is 1. The van der Waals surface area contributed by atoms with Crippen molar-refractivity contribution in [1.82, 2.24) is 15.0 Å². The molecule has 0 aliphatic carbocycles. The molecule has 3 aromatic heterocycles. The molecular weight excluding hydrogens is 340 g/mol. The van der Waals surface area contributed by atoms with E-state index in [0.29, 0.717) is 15.6 Å². The first-order valence-electron chi connectivity index (χ1n) is 7.07. The Hall–Kier alpha value is -3.38. The van der Waals surface area contributed by atoms with Crippen LogP contribution < -0.4 is 16.8 Å². The van der Waals surface area contributed by atoms with Gasteiger partial charge in [0, 0.05) is 12.4 Å². The molecule has 3 rings (SSSR count). The summed E-state index contributed by atoms with van der Waals surface area (Å²) < 4.78 is 5.08. The lowest BCUT2D eigenvalue weighted by atomic mass is 10.3. The standard InChI is InChI=1S/C10H8N6OS.C6H8O/c11-8-13-3-6(4-14-8)1-2-7-5-15-10(18-7)16-9(12)17;1-5-3-4-6(2)7-5/h3-5H,(H2,11,13,14)(H3,12,15,16,17);3-4H,1-2H3. The number of aryl methyl sites for hydroxylation is 2. The van der Waals surface area contributed by atoms with E-state index in [9.17, 15) is 4.79 Å². The molecule has 9 heteroatoms. The number of nitrogens with two attached hydrogens (primary N) is 2. The second-order valence-corrected chi connectivity index (χ2v) is 5.79.